The van der Waals surface area contributed by atoms with Gasteiger partial charge in [0.25, 0.3) is 0 Å². The summed E-state index contributed by atoms with van der Waals surface area (Å²) < 4.78 is 24.9. The molecule has 0 aromatic carbocycles. The Bertz CT molecular complexity index is 1010. The first-order valence-corrected chi connectivity index (χ1v) is 16.9. The number of carbonyl (C=O) groups is 3. The van der Waals surface area contributed by atoms with E-state index in [0.717, 1.165) is 70.6 Å². The molecule has 3 heterocycles. The van der Waals surface area contributed by atoms with E-state index in [2.05, 4.69) is 10.6 Å². The molecule has 3 N–H and O–H groups in total. The van der Waals surface area contributed by atoms with Gasteiger partial charge in [-0.1, -0.05) is 32.1 Å². The molecule has 0 aromatic rings. The molecule has 1 unspecified atom stereocenters. The third kappa shape index (κ3) is 6.48. The average molecular weight is 566 g/mol. The summed E-state index contributed by atoms with van der Waals surface area (Å²) >= 11 is 0. The SMILES string of the molecule is O=C(N[C@H]1CCCCCCC[C@@H]2C[C@@]2(P(=O)(O)CC2=CCCO2)NC(=O)[C@@H]2CCCN2C1=O)OC1CCCC1. The van der Waals surface area contributed by atoms with E-state index in [0.29, 0.717) is 44.6 Å². The predicted molar refractivity (Wildman–Crippen MR) is 145 cm³/mol. The van der Waals surface area contributed by atoms with Crippen molar-refractivity contribution in [2.75, 3.05) is 19.3 Å². The zero-order valence-corrected chi connectivity index (χ0v) is 23.8. The van der Waals surface area contributed by atoms with Gasteiger partial charge >= 0.3 is 6.09 Å². The third-order valence-corrected chi connectivity index (χ3v) is 11.9. The summed E-state index contributed by atoms with van der Waals surface area (Å²) in [5, 5.41) is 4.65. The van der Waals surface area contributed by atoms with E-state index in [4.69, 9.17) is 9.47 Å². The van der Waals surface area contributed by atoms with Gasteiger partial charge in [0.05, 0.1) is 12.8 Å². The minimum absolute atomic E-state index is 0.0604. The number of hydrogen-bond donors (Lipinski definition) is 3. The van der Waals surface area contributed by atoms with E-state index in [9.17, 15) is 23.8 Å². The Hall–Kier alpha value is -2.06. The van der Waals surface area contributed by atoms with Crippen LogP contribution in [-0.2, 0) is 23.6 Å². The molecule has 2 aliphatic carbocycles. The second kappa shape index (κ2) is 12.2. The molecular formula is C28H44N3O7P. The van der Waals surface area contributed by atoms with E-state index in [-0.39, 0.29) is 30.0 Å². The number of nitrogens with zero attached hydrogens (tertiary/aromatic N) is 1. The lowest BCUT2D eigenvalue weighted by atomic mass is 10.0. The Morgan fingerprint density at radius 3 is 2.54 bits per heavy atom. The molecule has 3 aliphatic heterocycles. The van der Waals surface area contributed by atoms with E-state index in [1.54, 1.807) is 4.90 Å². The van der Waals surface area contributed by atoms with Crippen molar-refractivity contribution in [3.05, 3.63) is 11.8 Å². The highest BCUT2D eigenvalue weighted by Crippen LogP contribution is 2.71. The highest BCUT2D eigenvalue weighted by Gasteiger charge is 2.66. The van der Waals surface area contributed by atoms with E-state index < -0.39 is 30.8 Å². The van der Waals surface area contributed by atoms with Gasteiger partial charge in [0, 0.05) is 13.0 Å². The van der Waals surface area contributed by atoms with Gasteiger partial charge < -0.3 is 29.9 Å². The molecule has 0 aromatic heterocycles. The highest BCUT2D eigenvalue weighted by atomic mass is 31.2. The van der Waals surface area contributed by atoms with Gasteiger partial charge in [0.2, 0.25) is 19.2 Å². The average Bonchev–Trinajstić information content (AvgIpc) is 3.41. The van der Waals surface area contributed by atoms with Gasteiger partial charge in [0.1, 0.15) is 29.2 Å². The van der Waals surface area contributed by atoms with E-state index in [1.165, 1.54) is 0 Å². The largest absolute Gasteiger partial charge is 0.497 e. The van der Waals surface area contributed by atoms with Crippen LogP contribution < -0.4 is 10.6 Å². The summed E-state index contributed by atoms with van der Waals surface area (Å²) in [4.78, 5) is 52.9. The molecular weight excluding hydrogens is 521 g/mol. The van der Waals surface area contributed by atoms with Gasteiger partial charge in [-0.2, -0.15) is 0 Å². The van der Waals surface area contributed by atoms with Crippen LogP contribution in [0.1, 0.15) is 96.3 Å². The van der Waals surface area contributed by atoms with Crippen LogP contribution in [0.25, 0.3) is 0 Å². The van der Waals surface area contributed by atoms with Crippen LogP contribution in [-0.4, -0.2) is 70.5 Å². The molecule has 218 valence electrons. The summed E-state index contributed by atoms with van der Waals surface area (Å²) in [6.45, 7) is 0.932. The fourth-order valence-electron chi connectivity index (χ4n) is 6.92. The quantitative estimate of drug-likeness (QED) is 0.426. The lowest BCUT2D eigenvalue weighted by Gasteiger charge is -2.31. The molecule has 2 saturated heterocycles. The lowest BCUT2D eigenvalue weighted by molar-refractivity contribution is -0.140. The predicted octanol–water partition coefficient (Wildman–Crippen LogP) is 4.17. The Balaban J connectivity index is 1.32. The smallest absolute Gasteiger partial charge is 0.408 e. The van der Waals surface area contributed by atoms with E-state index in [1.807, 2.05) is 6.08 Å². The number of rotatable bonds is 5. The Morgan fingerprint density at radius 1 is 1.08 bits per heavy atom. The minimum Gasteiger partial charge on any atom is -0.497 e. The van der Waals surface area contributed by atoms with Crippen molar-refractivity contribution in [3.8, 4) is 0 Å². The van der Waals surface area contributed by atoms with Gasteiger partial charge in [0.15, 0.2) is 0 Å². The van der Waals surface area contributed by atoms with Gasteiger partial charge in [-0.05, 0) is 69.8 Å². The molecule has 3 amide bonds. The Morgan fingerprint density at radius 2 is 1.79 bits per heavy atom. The maximum atomic E-state index is 13.8. The summed E-state index contributed by atoms with van der Waals surface area (Å²) in [6, 6.07) is -1.48. The Labute approximate surface area is 231 Å². The summed E-state index contributed by atoms with van der Waals surface area (Å²) in [6.07, 6.45) is 13.1. The molecule has 0 spiro atoms. The van der Waals surface area contributed by atoms with Crippen LogP contribution in [0.15, 0.2) is 11.8 Å². The van der Waals surface area contributed by atoms with Crippen LogP contribution >= 0.6 is 7.37 Å². The molecule has 2 saturated carbocycles. The third-order valence-electron chi connectivity index (χ3n) is 9.23. The number of nitrogens with one attached hydrogen (secondary N) is 2. The summed E-state index contributed by atoms with van der Waals surface area (Å²) in [5.74, 6) is -0.179. The zero-order valence-electron chi connectivity index (χ0n) is 22.9. The normalized spacial score (nSPS) is 33.9. The minimum atomic E-state index is -3.83. The molecule has 10 nitrogen and oxygen atoms in total. The number of alkyl carbamates (subject to hydrolysis) is 1. The topological polar surface area (TPSA) is 134 Å². The highest BCUT2D eigenvalue weighted by molar-refractivity contribution is 7.60. The van der Waals surface area contributed by atoms with Crippen LogP contribution in [0, 0.1) is 5.92 Å². The second-order valence-electron chi connectivity index (χ2n) is 12.0. The number of fused-ring (bicyclic) bond motifs is 2. The maximum Gasteiger partial charge on any atom is 0.408 e. The van der Waals surface area contributed by atoms with Crippen molar-refractivity contribution in [1.82, 2.24) is 15.5 Å². The monoisotopic (exact) mass is 565 g/mol. The molecule has 5 rings (SSSR count). The molecule has 0 radical (unpaired) electrons. The molecule has 5 aliphatic rings. The molecule has 5 atom stereocenters. The number of allylic oxidation sites excluding steroid dienone is 1. The van der Waals surface area contributed by atoms with Crippen molar-refractivity contribution < 1.29 is 33.3 Å². The maximum absolute atomic E-state index is 13.8. The van der Waals surface area contributed by atoms with Crippen molar-refractivity contribution >= 4 is 25.3 Å². The van der Waals surface area contributed by atoms with Gasteiger partial charge in [-0.15, -0.1) is 0 Å². The summed E-state index contributed by atoms with van der Waals surface area (Å²) in [5.41, 5.74) is 0. The first kappa shape index (κ1) is 28.5. The first-order chi connectivity index (χ1) is 18.8. The number of ether oxygens (including phenoxy) is 2. The van der Waals surface area contributed by atoms with Crippen LogP contribution in [0.3, 0.4) is 0 Å². The number of amides is 3. The van der Waals surface area contributed by atoms with Crippen LogP contribution in [0.4, 0.5) is 4.79 Å². The van der Waals surface area contributed by atoms with Crippen molar-refractivity contribution in [1.29, 1.82) is 0 Å². The lowest BCUT2D eigenvalue weighted by Crippen LogP contribution is -2.55. The molecule has 11 heteroatoms. The fraction of sp³-hybridized carbons (Fsp3) is 0.821. The van der Waals surface area contributed by atoms with E-state index >= 15 is 0 Å². The summed E-state index contributed by atoms with van der Waals surface area (Å²) in [7, 11) is -3.83. The zero-order chi connectivity index (χ0) is 27.5. The number of hydrogen-bond acceptors (Lipinski definition) is 6. The standard InChI is InChI=1S/C28H44N3O7P/c32-25-24-15-8-16-31(24)26(33)23(29-27(34)38-21-11-6-7-12-21)14-5-3-1-2-4-10-20-18-28(20,30-25)39(35,36)19-22-13-9-17-37-22/h13,20-21,23-24H,1-12,14-19H2,(H,29,34)(H,30,32)(H,35,36)/t20-,23+,24+,28+/m1/s1. The Kier molecular flexibility index (Phi) is 8.91. The van der Waals surface area contributed by atoms with Crippen molar-refractivity contribution in [2.45, 2.75) is 120 Å². The number of carbonyl (C=O) groups excluding carboxylic acids is 3. The second-order valence-corrected chi connectivity index (χ2v) is 14.5. The van der Waals surface area contributed by atoms with Crippen LogP contribution in [0.5, 0.6) is 0 Å². The first-order valence-electron chi connectivity index (χ1n) is 15.0. The molecule has 4 fully saturated rings. The fourth-order valence-corrected chi connectivity index (χ4v) is 9.33. The van der Waals surface area contributed by atoms with Crippen molar-refractivity contribution in [3.63, 3.8) is 0 Å². The van der Waals surface area contributed by atoms with Crippen LogP contribution in [0.2, 0.25) is 0 Å². The van der Waals surface area contributed by atoms with Gasteiger partial charge in [-0.25, -0.2) is 4.79 Å². The van der Waals surface area contributed by atoms with Crippen molar-refractivity contribution in [2.24, 2.45) is 5.92 Å². The molecule has 0 bridgehead atoms. The molecule has 39 heavy (non-hydrogen) atoms. The van der Waals surface area contributed by atoms with Gasteiger partial charge in [-0.3, -0.25) is 14.2 Å².